The summed E-state index contributed by atoms with van der Waals surface area (Å²) < 4.78 is 0. The lowest BCUT2D eigenvalue weighted by atomic mass is 9.97. The van der Waals surface area contributed by atoms with Crippen LogP contribution in [0.1, 0.15) is 50.8 Å². The molecule has 1 aliphatic rings. The van der Waals surface area contributed by atoms with Crippen LogP contribution in [0.25, 0.3) is 0 Å². The first-order valence-corrected chi connectivity index (χ1v) is 6.72. The molecule has 2 rings (SSSR count). The third kappa shape index (κ3) is 3.81. The van der Waals surface area contributed by atoms with E-state index in [1.807, 2.05) is 0 Å². The maximum Gasteiger partial charge on any atom is 0.264 e. The maximum absolute atomic E-state index is 10.9. The zero-order chi connectivity index (χ0) is 12.8. The summed E-state index contributed by atoms with van der Waals surface area (Å²) in [6.07, 6.45) is 8.68. The molecule has 0 bridgehead atoms. The molecule has 1 heterocycles. The van der Waals surface area contributed by atoms with Gasteiger partial charge in [-0.25, -0.2) is 5.10 Å². The van der Waals surface area contributed by atoms with Crippen LogP contribution in [-0.4, -0.2) is 16.7 Å². The van der Waals surface area contributed by atoms with E-state index in [2.05, 4.69) is 28.5 Å². The number of allylic oxidation sites excluding steroid dienone is 1. The Labute approximate surface area is 108 Å². The highest BCUT2D eigenvalue weighted by Gasteiger charge is 2.07. The molecule has 1 aromatic heterocycles. The average Bonchev–Trinajstić information content (AvgIpc) is 2.40. The predicted molar refractivity (Wildman–Crippen MR) is 72.4 cm³/mol. The summed E-state index contributed by atoms with van der Waals surface area (Å²) in [5.41, 5.74) is 2.31. The molecule has 18 heavy (non-hydrogen) atoms. The Hall–Kier alpha value is -1.42. The SMILES string of the molecule is CC(NCCC1=CCCCC1)c1ccc(=O)[nH]n1. The van der Waals surface area contributed by atoms with Crippen LogP contribution in [0.4, 0.5) is 0 Å². The van der Waals surface area contributed by atoms with E-state index in [9.17, 15) is 4.79 Å². The summed E-state index contributed by atoms with van der Waals surface area (Å²) in [6, 6.07) is 3.46. The second kappa shape index (κ2) is 6.50. The highest BCUT2D eigenvalue weighted by Crippen LogP contribution is 2.19. The van der Waals surface area contributed by atoms with Crippen molar-refractivity contribution in [1.29, 1.82) is 0 Å². The van der Waals surface area contributed by atoms with Crippen molar-refractivity contribution < 1.29 is 0 Å². The second-order valence-electron chi connectivity index (χ2n) is 4.88. The number of rotatable bonds is 5. The Morgan fingerprint density at radius 2 is 2.33 bits per heavy atom. The van der Waals surface area contributed by atoms with Crippen molar-refractivity contribution in [3.8, 4) is 0 Å². The topological polar surface area (TPSA) is 57.8 Å². The summed E-state index contributed by atoms with van der Waals surface area (Å²) in [6.45, 7) is 3.03. The van der Waals surface area contributed by atoms with Gasteiger partial charge in [0.05, 0.1) is 5.69 Å². The molecule has 0 saturated carbocycles. The van der Waals surface area contributed by atoms with Crippen molar-refractivity contribution in [2.75, 3.05) is 6.54 Å². The van der Waals surface area contributed by atoms with Crippen LogP contribution >= 0.6 is 0 Å². The van der Waals surface area contributed by atoms with Crippen molar-refractivity contribution in [3.63, 3.8) is 0 Å². The molecule has 98 valence electrons. The van der Waals surface area contributed by atoms with Gasteiger partial charge < -0.3 is 5.32 Å². The number of aromatic nitrogens is 2. The van der Waals surface area contributed by atoms with E-state index >= 15 is 0 Å². The first-order valence-electron chi connectivity index (χ1n) is 6.72. The van der Waals surface area contributed by atoms with E-state index < -0.39 is 0 Å². The molecule has 2 N–H and O–H groups in total. The van der Waals surface area contributed by atoms with Gasteiger partial charge in [0.2, 0.25) is 0 Å². The molecule has 1 aromatic rings. The van der Waals surface area contributed by atoms with E-state index in [1.165, 1.54) is 31.7 Å². The minimum Gasteiger partial charge on any atom is -0.308 e. The van der Waals surface area contributed by atoms with Crippen LogP contribution in [0, 0.1) is 0 Å². The van der Waals surface area contributed by atoms with Gasteiger partial charge in [-0.2, -0.15) is 5.10 Å². The third-order valence-corrected chi connectivity index (χ3v) is 3.43. The lowest BCUT2D eigenvalue weighted by molar-refractivity contribution is 0.546. The van der Waals surface area contributed by atoms with Gasteiger partial charge in [-0.05, 0) is 51.6 Å². The Morgan fingerprint density at radius 1 is 1.44 bits per heavy atom. The molecule has 0 aromatic carbocycles. The lowest BCUT2D eigenvalue weighted by Crippen LogP contribution is -2.22. The van der Waals surface area contributed by atoms with Gasteiger partial charge in [-0.15, -0.1) is 0 Å². The summed E-state index contributed by atoms with van der Waals surface area (Å²) in [5.74, 6) is 0. The second-order valence-corrected chi connectivity index (χ2v) is 4.88. The van der Waals surface area contributed by atoms with Crippen LogP contribution in [0.15, 0.2) is 28.6 Å². The Balaban J connectivity index is 1.77. The van der Waals surface area contributed by atoms with Crippen LogP contribution < -0.4 is 10.9 Å². The van der Waals surface area contributed by atoms with Crippen LogP contribution in [0.5, 0.6) is 0 Å². The van der Waals surface area contributed by atoms with Crippen molar-refractivity contribution in [2.45, 2.75) is 45.1 Å². The highest BCUT2D eigenvalue weighted by molar-refractivity contribution is 5.07. The van der Waals surface area contributed by atoms with Crippen LogP contribution in [0.2, 0.25) is 0 Å². The van der Waals surface area contributed by atoms with Crippen molar-refractivity contribution in [3.05, 3.63) is 39.8 Å². The van der Waals surface area contributed by atoms with E-state index in [0.717, 1.165) is 18.7 Å². The molecular formula is C14H21N3O. The summed E-state index contributed by atoms with van der Waals surface area (Å²) in [7, 11) is 0. The first-order chi connectivity index (χ1) is 8.75. The smallest absolute Gasteiger partial charge is 0.264 e. The van der Waals surface area contributed by atoms with Gasteiger partial charge >= 0.3 is 0 Å². The monoisotopic (exact) mass is 247 g/mol. The Bertz CT molecular complexity index is 444. The van der Waals surface area contributed by atoms with Crippen molar-refractivity contribution >= 4 is 0 Å². The average molecular weight is 247 g/mol. The molecule has 1 aliphatic carbocycles. The number of nitrogens with one attached hydrogen (secondary N) is 2. The fourth-order valence-electron chi connectivity index (χ4n) is 2.28. The lowest BCUT2D eigenvalue weighted by Gasteiger charge is -2.16. The molecule has 1 atom stereocenters. The maximum atomic E-state index is 10.9. The van der Waals surface area contributed by atoms with Gasteiger partial charge in [-0.3, -0.25) is 4.79 Å². The molecule has 0 amide bonds. The molecular weight excluding hydrogens is 226 g/mol. The van der Waals surface area contributed by atoms with Crippen molar-refractivity contribution in [2.24, 2.45) is 0 Å². The fraction of sp³-hybridized carbons (Fsp3) is 0.571. The van der Waals surface area contributed by atoms with Crippen LogP contribution in [-0.2, 0) is 0 Å². The van der Waals surface area contributed by atoms with E-state index in [0.29, 0.717) is 0 Å². The summed E-state index contributed by atoms with van der Waals surface area (Å²) in [4.78, 5) is 10.9. The normalized spacial score (nSPS) is 17.3. The Morgan fingerprint density at radius 3 is 3.00 bits per heavy atom. The zero-order valence-corrected chi connectivity index (χ0v) is 10.9. The predicted octanol–water partition coefficient (Wildman–Crippen LogP) is 2.31. The molecule has 0 saturated heterocycles. The largest absolute Gasteiger partial charge is 0.308 e. The minimum absolute atomic E-state index is 0.154. The Kier molecular flexibility index (Phi) is 4.70. The van der Waals surface area contributed by atoms with Gasteiger partial charge in [0.15, 0.2) is 0 Å². The summed E-state index contributed by atoms with van der Waals surface area (Å²) in [5, 5.41) is 9.93. The van der Waals surface area contributed by atoms with E-state index in [-0.39, 0.29) is 11.6 Å². The highest BCUT2D eigenvalue weighted by atomic mass is 16.1. The summed E-state index contributed by atoms with van der Waals surface area (Å²) >= 11 is 0. The number of H-pyrrole nitrogens is 1. The van der Waals surface area contributed by atoms with Crippen molar-refractivity contribution in [1.82, 2.24) is 15.5 Å². The molecule has 1 unspecified atom stereocenters. The van der Waals surface area contributed by atoms with Gasteiger partial charge in [-0.1, -0.05) is 11.6 Å². The number of hydrogen-bond acceptors (Lipinski definition) is 3. The molecule has 0 spiro atoms. The van der Waals surface area contributed by atoms with Gasteiger partial charge in [0.25, 0.3) is 5.56 Å². The molecule has 0 radical (unpaired) electrons. The quantitative estimate of drug-likeness (QED) is 0.785. The van der Waals surface area contributed by atoms with E-state index in [1.54, 1.807) is 11.6 Å². The molecule has 0 fully saturated rings. The standard InChI is InChI=1S/C14H21N3O/c1-11(13-7-8-14(18)17-16-13)15-10-9-12-5-3-2-4-6-12/h5,7-8,11,15H,2-4,6,9-10H2,1H3,(H,17,18). The third-order valence-electron chi connectivity index (χ3n) is 3.43. The number of hydrogen-bond donors (Lipinski definition) is 2. The first kappa shape index (κ1) is 13.0. The minimum atomic E-state index is -0.154. The number of nitrogens with zero attached hydrogens (tertiary/aromatic N) is 1. The van der Waals surface area contributed by atoms with Crippen LogP contribution in [0.3, 0.4) is 0 Å². The number of aromatic amines is 1. The van der Waals surface area contributed by atoms with Gasteiger partial charge in [0.1, 0.15) is 0 Å². The molecule has 4 nitrogen and oxygen atoms in total. The zero-order valence-electron chi connectivity index (χ0n) is 10.9. The molecule has 4 heteroatoms. The molecule has 0 aliphatic heterocycles. The van der Waals surface area contributed by atoms with Gasteiger partial charge in [0, 0.05) is 12.1 Å². The van der Waals surface area contributed by atoms with E-state index in [4.69, 9.17) is 0 Å². The fourth-order valence-corrected chi connectivity index (χ4v) is 2.28.